The highest BCUT2D eigenvalue weighted by Gasteiger charge is 2.16. The minimum absolute atomic E-state index is 0.146. The van der Waals surface area contributed by atoms with Crippen molar-refractivity contribution in [2.75, 3.05) is 19.0 Å². The van der Waals surface area contributed by atoms with Crippen LogP contribution in [0.4, 0.5) is 10.5 Å². The number of benzene rings is 3. The quantitative estimate of drug-likeness (QED) is 0.288. The van der Waals surface area contributed by atoms with Gasteiger partial charge in [0.15, 0.2) is 11.5 Å². The van der Waals surface area contributed by atoms with Crippen molar-refractivity contribution in [2.45, 2.75) is 33.0 Å². The predicted molar refractivity (Wildman–Crippen MR) is 141 cm³/mol. The van der Waals surface area contributed by atoms with Gasteiger partial charge >= 0.3 is 6.03 Å². The average Bonchev–Trinajstić information content (AvgIpc) is 3.42. The summed E-state index contributed by atoms with van der Waals surface area (Å²) in [6.07, 6.45) is 6.27. The van der Waals surface area contributed by atoms with Crippen LogP contribution in [0.3, 0.4) is 0 Å². The second kappa shape index (κ2) is 12.4. The number of nitrogens with zero attached hydrogens (tertiary/aromatic N) is 3. The van der Waals surface area contributed by atoms with E-state index in [-0.39, 0.29) is 6.03 Å². The Morgan fingerprint density at radius 2 is 1.81 bits per heavy atom. The maximum absolute atomic E-state index is 13.2. The standard InChI is InChI=1S/C29H32N4O3/c1-23-9-12-26(13-10-23)31-29(34)33(17-6-16-32-18-15-30-22-32)20-25-11-14-27(28(19-25)35-2)36-21-24-7-4-3-5-8-24/h3-5,7-15,18-19,22H,6,16-17,20-21H2,1-2H3,(H,31,34). The molecule has 0 aliphatic rings. The molecule has 2 amide bonds. The van der Waals surface area contributed by atoms with Crippen molar-refractivity contribution in [3.63, 3.8) is 0 Å². The Bertz CT molecular complexity index is 1230. The van der Waals surface area contributed by atoms with Gasteiger partial charge in [-0.25, -0.2) is 9.78 Å². The van der Waals surface area contributed by atoms with Gasteiger partial charge in [-0.2, -0.15) is 0 Å². The fraction of sp³-hybridized carbons (Fsp3) is 0.241. The van der Waals surface area contributed by atoms with Crippen LogP contribution in [0.15, 0.2) is 91.5 Å². The number of aryl methyl sites for hydroxylation is 2. The largest absolute Gasteiger partial charge is 0.493 e. The van der Waals surface area contributed by atoms with Gasteiger partial charge in [0.25, 0.3) is 0 Å². The molecule has 0 saturated carbocycles. The maximum atomic E-state index is 13.2. The van der Waals surface area contributed by atoms with Crippen molar-refractivity contribution in [1.82, 2.24) is 14.5 Å². The number of imidazole rings is 1. The number of amides is 2. The van der Waals surface area contributed by atoms with Crippen molar-refractivity contribution in [3.05, 3.63) is 108 Å². The molecule has 7 heteroatoms. The third-order valence-electron chi connectivity index (χ3n) is 5.83. The first-order chi connectivity index (χ1) is 17.6. The van der Waals surface area contributed by atoms with Crippen LogP contribution in [0.2, 0.25) is 0 Å². The molecule has 0 unspecified atom stereocenters. The highest BCUT2D eigenvalue weighted by atomic mass is 16.5. The van der Waals surface area contributed by atoms with Crippen molar-refractivity contribution < 1.29 is 14.3 Å². The molecule has 4 aromatic rings. The van der Waals surface area contributed by atoms with Crippen LogP contribution >= 0.6 is 0 Å². The molecule has 3 aromatic carbocycles. The molecule has 186 valence electrons. The summed E-state index contributed by atoms with van der Waals surface area (Å²) in [5, 5.41) is 3.02. The van der Waals surface area contributed by atoms with E-state index in [9.17, 15) is 4.79 Å². The van der Waals surface area contributed by atoms with Gasteiger partial charge in [-0.15, -0.1) is 0 Å². The monoisotopic (exact) mass is 484 g/mol. The Labute approximate surface area is 212 Å². The van der Waals surface area contributed by atoms with Gasteiger partial charge in [0.05, 0.1) is 13.4 Å². The van der Waals surface area contributed by atoms with Crippen molar-refractivity contribution in [1.29, 1.82) is 0 Å². The Balaban J connectivity index is 1.44. The maximum Gasteiger partial charge on any atom is 0.322 e. The van der Waals surface area contributed by atoms with Crippen molar-refractivity contribution in [3.8, 4) is 11.5 Å². The number of carbonyl (C=O) groups excluding carboxylic acids is 1. The molecular weight excluding hydrogens is 452 g/mol. The summed E-state index contributed by atoms with van der Waals surface area (Å²) < 4.78 is 13.6. The number of methoxy groups -OCH3 is 1. The molecule has 1 heterocycles. The minimum atomic E-state index is -0.146. The molecule has 0 aliphatic carbocycles. The van der Waals surface area contributed by atoms with E-state index in [1.54, 1.807) is 19.6 Å². The topological polar surface area (TPSA) is 68.6 Å². The molecular formula is C29H32N4O3. The number of aromatic nitrogens is 2. The van der Waals surface area contributed by atoms with E-state index >= 15 is 0 Å². The van der Waals surface area contributed by atoms with Crippen LogP contribution in [0.25, 0.3) is 0 Å². The van der Waals surface area contributed by atoms with Crippen LogP contribution < -0.4 is 14.8 Å². The highest BCUT2D eigenvalue weighted by molar-refractivity contribution is 5.89. The fourth-order valence-corrected chi connectivity index (χ4v) is 3.84. The lowest BCUT2D eigenvalue weighted by Crippen LogP contribution is -2.35. The molecule has 0 aliphatic heterocycles. The van der Waals surface area contributed by atoms with Gasteiger partial charge in [0, 0.05) is 37.7 Å². The van der Waals surface area contributed by atoms with E-state index in [0.29, 0.717) is 31.2 Å². The van der Waals surface area contributed by atoms with Crippen LogP contribution in [0, 0.1) is 6.92 Å². The molecule has 1 N–H and O–H groups in total. The zero-order valence-corrected chi connectivity index (χ0v) is 20.8. The lowest BCUT2D eigenvalue weighted by molar-refractivity contribution is 0.207. The van der Waals surface area contributed by atoms with Crippen LogP contribution in [0.1, 0.15) is 23.1 Å². The van der Waals surface area contributed by atoms with Gasteiger partial charge in [-0.3, -0.25) is 0 Å². The van der Waals surface area contributed by atoms with Gasteiger partial charge in [-0.1, -0.05) is 54.1 Å². The molecule has 0 atom stereocenters. The molecule has 0 radical (unpaired) electrons. The number of hydrogen-bond donors (Lipinski definition) is 1. The number of ether oxygens (including phenoxy) is 2. The van der Waals surface area contributed by atoms with Gasteiger partial charge in [0.1, 0.15) is 6.61 Å². The highest BCUT2D eigenvalue weighted by Crippen LogP contribution is 2.29. The number of rotatable bonds is 11. The Morgan fingerprint density at radius 1 is 1.00 bits per heavy atom. The Kier molecular flexibility index (Phi) is 8.59. The van der Waals surface area contributed by atoms with E-state index in [2.05, 4.69) is 10.3 Å². The van der Waals surface area contributed by atoms with Gasteiger partial charge in [-0.05, 0) is 48.7 Å². The molecule has 0 spiro atoms. The third kappa shape index (κ3) is 7.12. The summed E-state index contributed by atoms with van der Waals surface area (Å²) in [5.74, 6) is 1.31. The number of hydrogen-bond acceptors (Lipinski definition) is 4. The average molecular weight is 485 g/mol. The summed E-state index contributed by atoms with van der Waals surface area (Å²) >= 11 is 0. The summed E-state index contributed by atoms with van der Waals surface area (Å²) in [5.41, 5.74) is 3.96. The summed E-state index contributed by atoms with van der Waals surface area (Å²) in [6, 6.07) is 23.5. The second-order valence-electron chi connectivity index (χ2n) is 8.63. The predicted octanol–water partition coefficient (Wildman–Crippen LogP) is 5.90. The number of urea groups is 1. The van der Waals surface area contributed by atoms with Gasteiger partial charge in [0.2, 0.25) is 0 Å². The van der Waals surface area contributed by atoms with Crippen LogP contribution in [-0.2, 0) is 19.7 Å². The molecule has 36 heavy (non-hydrogen) atoms. The van der Waals surface area contributed by atoms with E-state index in [1.165, 1.54) is 0 Å². The zero-order valence-electron chi connectivity index (χ0n) is 20.8. The van der Waals surface area contributed by atoms with E-state index in [4.69, 9.17) is 9.47 Å². The van der Waals surface area contributed by atoms with Crippen molar-refractivity contribution >= 4 is 11.7 Å². The second-order valence-corrected chi connectivity index (χ2v) is 8.63. The first-order valence-corrected chi connectivity index (χ1v) is 12.0. The number of carbonyl (C=O) groups is 1. The lowest BCUT2D eigenvalue weighted by atomic mass is 10.1. The number of nitrogens with one attached hydrogen (secondary N) is 1. The van der Waals surface area contributed by atoms with E-state index in [1.807, 2.05) is 95.4 Å². The molecule has 1 aromatic heterocycles. The first kappa shape index (κ1) is 24.9. The summed E-state index contributed by atoms with van der Waals surface area (Å²) in [6.45, 7) is 4.29. The number of anilines is 1. The lowest BCUT2D eigenvalue weighted by Gasteiger charge is -2.24. The molecule has 0 fully saturated rings. The third-order valence-corrected chi connectivity index (χ3v) is 5.83. The van der Waals surface area contributed by atoms with Crippen LogP contribution in [0.5, 0.6) is 11.5 Å². The van der Waals surface area contributed by atoms with E-state index < -0.39 is 0 Å². The molecule has 0 saturated heterocycles. The normalized spacial score (nSPS) is 10.6. The zero-order chi connectivity index (χ0) is 25.2. The molecule has 4 rings (SSSR count). The summed E-state index contributed by atoms with van der Waals surface area (Å²) in [7, 11) is 1.63. The Morgan fingerprint density at radius 3 is 2.53 bits per heavy atom. The first-order valence-electron chi connectivity index (χ1n) is 12.0. The smallest absolute Gasteiger partial charge is 0.322 e. The molecule has 7 nitrogen and oxygen atoms in total. The fourth-order valence-electron chi connectivity index (χ4n) is 3.84. The van der Waals surface area contributed by atoms with Crippen molar-refractivity contribution in [2.24, 2.45) is 0 Å². The van der Waals surface area contributed by atoms with E-state index in [0.717, 1.165) is 35.3 Å². The summed E-state index contributed by atoms with van der Waals surface area (Å²) in [4.78, 5) is 19.1. The minimum Gasteiger partial charge on any atom is -0.493 e. The van der Waals surface area contributed by atoms with Gasteiger partial charge < -0.3 is 24.3 Å². The van der Waals surface area contributed by atoms with Crippen LogP contribution in [-0.4, -0.2) is 34.1 Å². The molecule has 0 bridgehead atoms. The Hall–Kier alpha value is -4.26. The SMILES string of the molecule is COc1cc(CN(CCCn2ccnc2)C(=O)Nc2ccc(C)cc2)ccc1OCc1ccccc1.